The summed E-state index contributed by atoms with van der Waals surface area (Å²) >= 11 is 0. The Morgan fingerprint density at radius 3 is 1.53 bits per heavy atom. The molecule has 1 heterocycles. The number of anilines is 3. The summed E-state index contributed by atoms with van der Waals surface area (Å²) in [6, 6.07) is 104. The predicted octanol–water partition coefficient (Wildman–Crippen LogP) is 19.2. The number of fused-ring (bicyclic) bond motifs is 7. The van der Waals surface area contributed by atoms with Crippen molar-refractivity contribution in [3.05, 3.63) is 307 Å². The van der Waals surface area contributed by atoms with E-state index in [1.165, 1.54) is 72.0 Å². The third-order valence-electron chi connectivity index (χ3n) is 15.2. The summed E-state index contributed by atoms with van der Waals surface area (Å²) in [6.07, 6.45) is 0. The first-order valence-electron chi connectivity index (χ1n) is 25.2. The molecule has 1 aliphatic rings. The van der Waals surface area contributed by atoms with E-state index in [-0.39, 0.29) is 0 Å². The lowest BCUT2D eigenvalue weighted by atomic mass is 9.67. The molecule has 0 N–H and O–H groups in total. The standard InChI is InChI=1S/C71H47NO/c1-4-19-49(20-5-1)57-30-16-21-51-22-17-32-62(69(51)57)59-27-11-14-35-66(59)72(55-42-37-48(38-43-55)52-41-46-61-60-28-12-15-36-67(60)73-68(61)47-52)56-44-39-50(40-45-56)58-31-18-34-65-70(58)63-29-10-13-33-64(63)71(65,53-23-6-2-7-24-53)54-25-8-3-9-26-54/h1-47H. The molecular weight excluding hydrogens is 883 g/mol. The van der Waals surface area contributed by atoms with Gasteiger partial charge in [0, 0.05) is 27.7 Å². The number of furan rings is 1. The summed E-state index contributed by atoms with van der Waals surface area (Å²) in [5, 5.41) is 4.70. The molecule has 0 amide bonds. The summed E-state index contributed by atoms with van der Waals surface area (Å²) in [6.45, 7) is 0. The van der Waals surface area contributed by atoms with Gasteiger partial charge in [-0.2, -0.15) is 0 Å². The van der Waals surface area contributed by atoms with Crippen molar-refractivity contribution >= 4 is 49.8 Å². The molecule has 0 bridgehead atoms. The van der Waals surface area contributed by atoms with Gasteiger partial charge in [0.1, 0.15) is 11.2 Å². The molecular formula is C71H47NO. The van der Waals surface area contributed by atoms with Crippen molar-refractivity contribution in [1.82, 2.24) is 0 Å². The van der Waals surface area contributed by atoms with E-state index < -0.39 is 5.41 Å². The fourth-order valence-electron chi connectivity index (χ4n) is 12.0. The molecule has 0 spiro atoms. The van der Waals surface area contributed by atoms with Crippen LogP contribution in [0.15, 0.2) is 290 Å². The number of nitrogens with zero attached hydrogens (tertiary/aromatic N) is 1. The Labute approximate surface area is 425 Å². The van der Waals surface area contributed by atoms with E-state index in [0.29, 0.717) is 0 Å². The van der Waals surface area contributed by atoms with Crippen LogP contribution in [0.4, 0.5) is 17.1 Å². The van der Waals surface area contributed by atoms with Gasteiger partial charge in [-0.25, -0.2) is 0 Å². The quantitative estimate of drug-likeness (QED) is 0.143. The maximum atomic E-state index is 6.34. The summed E-state index contributed by atoms with van der Waals surface area (Å²) < 4.78 is 6.34. The highest BCUT2D eigenvalue weighted by atomic mass is 16.3. The van der Waals surface area contributed by atoms with E-state index in [4.69, 9.17) is 4.42 Å². The summed E-state index contributed by atoms with van der Waals surface area (Å²) in [5.41, 5.74) is 21.6. The van der Waals surface area contributed by atoms with E-state index in [0.717, 1.165) is 55.7 Å². The van der Waals surface area contributed by atoms with Gasteiger partial charge < -0.3 is 9.32 Å². The molecule has 1 aliphatic carbocycles. The summed E-state index contributed by atoms with van der Waals surface area (Å²) in [4.78, 5) is 2.43. The highest BCUT2D eigenvalue weighted by Gasteiger charge is 2.46. The molecule has 14 rings (SSSR count). The molecule has 1 aromatic heterocycles. The second-order valence-electron chi connectivity index (χ2n) is 19.1. The van der Waals surface area contributed by atoms with Crippen molar-refractivity contribution in [2.24, 2.45) is 0 Å². The van der Waals surface area contributed by atoms with Crippen LogP contribution in [0.25, 0.3) is 88.3 Å². The van der Waals surface area contributed by atoms with Gasteiger partial charge in [-0.15, -0.1) is 0 Å². The third kappa shape index (κ3) is 6.87. The van der Waals surface area contributed by atoms with Gasteiger partial charge in [-0.3, -0.25) is 0 Å². The molecule has 13 aromatic rings. The maximum absolute atomic E-state index is 6.34. The SMILES string of the molecule is c1ccc(-c2cccc3cccc(-c4ccccc4N(c4ccc(-c5ccc6c(c5)oc5ccccc56)cc4)c4ccc(-c5cccc6c5-c5ccccc5C6(c5ccccc5)c5ccccc5)cc4)c23)cc1. The topological polar surface area (TPSA) is 16.4 Å². The number of para-hydroxylation sites is 2. The Bertz CT molecular complexity index is 4130. The van der Waals surface area contributed by atoms with E-state index in [1.54, 1.807) is 0 Å². The number of hydrogen-bond donors (Lipinski definition) is 0. The van der Waals surface area contributed by atoms with Gasteiger partial charge >= 0.3 is 0 Å². The smallest absolute Gasteiger partial charge is 0.136 e. The highest BCUT2D eigenvalue weighted by Crippen LogP contribution is 2.58. The molecule has 2 heteroatoms. The lowest BCUT2D eigenvalue weighted by molar-refractivity contribution is 0.669. The first-order valence-corrected chi connectivity index (χ1v) is 25.2. The van der Waals surface area contributed by atoms with E-state index >= 15 is 0 Å². The Kier molecular flexibility index (Phi) is 10.1. The second kappa shape index (κ2) is 17.4. The average Bonchev–Trinajstić information content (AvgIpc) is 4.03. The van der Waals surface area contributed by atoms with Crippen molar-refractivity contribution in [2.45, 2.75) is 5.41 Å². The van der Waals surface area contributed by atoms with Gasteiger partial charge in [-0.1, -0.05) is 237 Å². The van der Waals surface area contributed by atoms with Crippen LogP contribution in [0, 0.1) is 0 Å². The van der Waals surface area contributed by atoms with Crippen LogP contribution in [-0.2, 0) is 5.41 Å². The fraction of sp³-hybridized carbons (Fsp3) is 0.0141. The molecule has 0 aliphatic heterocycles. The predicted molar refractivity (Wildman–Crippen MR) is 305 cm³/mol. The van der Waals surface area contributed by atoms with Crippen LogP contribution in [-0.4, -0.2) is 0 Å². The fourth-order valence-corrected chi connectivity index (χ4v) is 12.0. The molecule has 0 fully saturated rings. The minimum atomic E-state index is -0.475. The molecule has 0 radical (unpaired) electrons. The molecule has 73 heavy (non-hydrogen) atoms. The number of rotatable bonds is 9. The zero-order valence-electron chi connectivity index (χ0n) is 40.0. The lowest BCUT2D eigenvalue weighted by Crippen LogP contribution is -2.28. The molecule has 0 atom stereocenters. The van der Waals surface area contributed by atoms with Gasteiger partial charge in [0.25, 0.3) is 0 Å². The van der Waals surface area contributed by atoms with Crippen molar-refractivity contribution in [3.8, 4) is 55.6 Å². The molecule has 0 unspecified atom stereocenters. The van der Waals surface area contributed by atoms with E-state index in [2.05, 4.69) is 278 Å². The normalized spacial score (nSPS) is 12.5. The Morgan fingerprint density at radius 2 is 0.808 bits per heavy atom. The zero-order valence-corrected chi connectivity index (χ0v) is 40.0. The Balaban J connectivity index is 0.931. The first-order chi connectivity index (χ1) is 36.2. The Hall–Kier alpha value is -9.50. The third-order valence-corrected chi connectivity index (χ3v) is 15.2. The summed E-state index contributed by atoms with van der Waals surface area (Å²) in [5.74, 6) is 0. The Morgan fingerprint density at radius 1 is 0.301 bits per heavy atom. The van der Waals surface area contributed by atoms with Gasteiger partial charge in [0.2, 0.25) is 0 Å². The second-order valence-corrected chi connectivity index (χ2v) is 19.1. The molecule has 0 saturated heterocycles. The number of benzene rings is 12. The van der Waals surface area contributed by atoms with Crippen LogP contribution in [0.5, 0.6) is 0 Å². The molecule has 12 aromatic carbocycles. The maximum Gasteiger partial charge on any atom is 0.136 e. The summed E-state index contributed by atoms with van der Waals surface area (Å²) in [7, 11) is 0. The minimum Gasteiger partial charge on any atom is -0.456 e. The molecule has 2 nitrogen and oxygen atoms in total. The monoisotopic (exact) mass is 929 g/mol. The average molecular weight is 930 g/mol. The lowest BCUT2D eigenvalue weighted by Gasteiger charge is -2.34. The van der Waals surface area contributed by atoms with Gasteiger partial charge in [-0.05, 0) is 132 Å². The van der Waals surface area contributed by atoms with Crippen molar-refractivity contribution in [2.75, 3.05) is 4.90 Å². The largest absolute Gasteiger partial charge is 0.456 e. The van der Waals surface area contributed by atoms with Crippen molar-refractivity contribution in [3.63, 3.8) is 0 Å². The van der Waals surface area contributed by atoms with E-state index in [9.17, 15) is 0 Å². The van der Waals surface area contributed by atoms with Gasteiger partial charge in [0.15, 0.2) is 0 Å². The molecule has 0 saturated carbocycles. The van der Waals surface area contributed by atoms with Crippen LogP contribution >= 0.6 is 0 Å². The minimum absolute atomic E-state index is 0.475. The number of hydrogen-bond acceptors (Lipinski definition) is 2. The van der Waals surface area contributed by atoms with Crippen molar-refractivity contribution < 1.29 is 4.42 Å². The van der Waals surface area contributed by atoms with Crippen LogP contribution in [0.3, 0.4) is 0 Å². The highest BCUT2D eigenvalue weighted by molar-refractivity contribution is 6.09. The van der Waals surface area contributed by atoms with Crippen LogP contribution in [0.1, 0.15) is 22.3 Å². The van der Waals surface area contributed by atoms with E-state index in [1.807, 2.05) is 12.1 Å². The van der Waals surface area contributed by atoms with Crippen LogP contribution in [0.2, 0.25) is 0 Å². The first kappa shape index (κ1) is 42.4. The van der Waals surface area contributed by atoms with Crippen molar-refractivity contribution in [1.29, 1.82) is 0 Å². The van der Waals surface area contributed by atoms with Gasteiger partial charge in [0.05, 0.1) is 11.1 Å². The zero-order chi connectivity index (χ0) is 48.3. The van der Waals surface area contributed by atoms with Crippen LogP contribution < -0.4 is 4.90 Å². The molecule has 342 valence electrons.